The molecular formula is C20H26I2N6O2S2. The lowest BCUT2D eigenvalue weighted by molar-refractivity contribution is -0.509. The summed E-state index contributed by atoms with van der Waals surface area (Å²) in [6.45, 7) is 5.06. The van der Waals surface area contributed by atoms with Crippen LogP contribution in [-0.2, 0) is 14.1 Å². The standard InChI is InChI=1S/C20H24N6O2S2.2HI/c1-13-15(25-9-11-29-19(25)23(13)3)17(27)21-7-5-6-8-22-18(28)16-14(2)24(4)20-26(16)10-12-30-20;;/h9-12H,5-8H2,1-4H3;2*1H. The average molecular weight is 700 g/mol. The smallest absolute Gasteiger partial charge is 0.346 e. The van der Waals surface area contributed by atoms with Crippen molar-refractivity contribution in [1.82, 2.24) is 19.8 Å². The normalized spacial score (nSPS) is 10.8. The summed E-state index contributed by atoms with van der Waals surface area (Å²) in [5, 5.41) is 9.96. The molecule has 2 amide bonds. The first-order valence-electron chi connectivity index (χ1n) is 9.86. The van der Waals surface area contributed by atoms with Gasteiger partial charge in [-0.1, -0.05) is 22.7 Å². The number of amides is 2. The Kier molecular flexibility index (Phi) is 9.48. The van der Waals surface area contributed by atoms with E-state index in [2.05, 4.69) is 10.6 Å². The van der Waals surface area contributed by atoms with Crippen molar-refractivity contribution in [2.45, 2.75) is 26.7 Å². The second-order valence-electron chi connectivity index (χ2n) is 7.32. The summed E-state index contributed by atoms with van der Waals surface area (Å²) >= 11 is 3.22. The van der Waals surface area contributed by atoms with Gasteiger partial charge < -0.3 is 58.6 Å². The van der Waals surface area contributed by atoms with Crippen LogP contribution in [0.3, 0.4) is 0 Å². The van der Waals surface area contributed by atoms with Gasteiger partial charge in [0.15, 0.2) is 11.4 Å². The van der Waals surface area contributed by atoms with Crippen LogP contribution in [0.4, 0.5) is 0 Å². The van der Waals surface area contributed by atoms with Gasteiger partial charge in [0.25, 0.3) is 11.8 Å². The molecule has 0 saturated carbocycles. The van der Waals surface area contributed by atoms with Crippen molar-refractivity contribution in [2.24, 2.45) is 14.1 Å². The number of carbonyl (C=O) groups is 2. The maximum atomic E-state index is 12.6. The highest BCUT2D eigenvalue weighted by Gasteiger charge is 2.28. The van der Waals surface area contributed by atoms with E-state index in [0.29, 0.717) is 24.5 Å². The molecule has 0 aliphatic rings. The van der Waals surface area contributed by atoms with E-state index in [-0.39, 0.29) is 59.8 Å². The zero-order chi connectivity index (χ0) is 21.4. The number of aryl methyl sites for hydroxylation is 2. The maximum Gasteiger partial charge on any atom is 0.346 e. The molecular weight excluding hydrogens is 674 g/mol. The second-order valence-corrected chi connectivity index (χ2v) is 9.06. The molecule has 0 aliphatic heterocycles. The second kappa shape index (κ2) is 11.2. The first-order valence-corrected chi connectivity index (χ1v) is 11.6. The number of hydrogen-bond acceptors (Lipinski definition) is 4. The lowest BCUT2D eigenvalue weighted by atomic mass is 10.2. The highest BCUT2D eigenvalue weighted by atomic mass is 127. The van der Waals surface area contributed by atoms with Crippen molar-refractivity contribution >= 4 is 44.4 Å². The van der Waals surface area contributed by atoms with Crippen LogP contribution in [0.2, 0.25) is 0 Å². The van der Waals surface area contributed by atoms with Crippen molar-refractivity contribution in [3.8, 4) is 0 Å². The third-order valence-corrected chi connectivity index (χ3v) is 7.41. The van der Waals surface area contributed by atoms with Crippen LogP contribution in [0.15, 0.2) is 23.2 Å². The van der Waals surface area contributed by atoms with Gasteiger partial charge in [0.1, 0.15) is 12.4 Å². The fourth-order valence-electron chi connectivity index (χ4n) is 3.69. The fourth-order valence-corrected chi connectivity index (χ4v) is 5.42. The molecule has 12 heteroatoms. The molecule has 4 rings (SSSR count). The van der Waals surface area contributed by atoms with Crippen LogP contribution >= 0.6 is 22.7 Å². The molecule has 0 aromatic carbocycles. The fraction of sp³-hybridized carbons (Fsp3) is 0.400. The number of unbranched alkanes of at least 4 members (excludes halogenated alkanes) is 1. The SMILES string of the molecule is Cc1c(C(=O)NCCCCNC(=O)c2c(C)n(C)c3scc[n+]23)[n+]2ccsc2n1C.[I-].[I-]. The molecule has 0 fully saturated rings. The van der Waals surface area contributed by atoms with Crippen LogP contribution in [0, 0.1) is 13.8 Å². The van der Waals surface area contributed by atoms with Gasteiger partial charge in [0.05, 0.1) is 14.1 Å². The molecule has 4 aromatic rings. The average Bonchev–Trinajstić information content (AvgIpc) is 3.46. The third kappa shape index (κ3) is 4.82. The Morgan fingerprint density at radius 1 is 0.812 bits per heavy atom. The summed E-state index contributed by atoms with van der Waals surface area (Å²) in [6.07, 6.45) is 5.44. The molecule has 0 saturated heterocycles. The molecule has 0 bridgehead atoms. The van der Waals surface area contributed by atoms with Gasteiger partial charge in [-0.15, -0.1) is 0 Å². The molecule has 4 heterocycles. The van der Waals surface area contributed by atoms with E-state index in [0.717, 1.165) is 34.2 Å². The van der Waals surface area contributed by atoms with Gasteiger partial charge in [0.2, 0.25) is 11.4 Å². The number of rotatable bonds is 7. The largest absolute Gasteiger partial charge is 1.00 e. The minimum Gasteiger partial charge on any atom is -1.00 e. The predicted octanol–water partition coefficient (Wildman–Crippen LogP) is -4.47. The van der Waals surface area contributed by atoms with Crippen LogP contribution in [0.5, 0.6) is 0 Å². The Labute approximate surface area is 228 Å². The number of nitrogens with zero attached hydrogens (tertiary/aromatic N) is 4. The molecule has 4 aromatic heterocycles. The molecule has 174 valence electrons. The summed E-state index contributed by atoms with van der Waals surface area (Å²) in [5.41, 5.74) is 3.25. The molecule has 0 aliphatic carbocycles. The summed E-state index contributed by atoms with van der Waals surface area (Å²) in [5.74, 6) is -0.136. The van der Waals surface area contributed by atoms with Crippen molar-refractivity contribution in [1.29, 1.82) is 0 Å². The van der Waals surface area contributed by atoms with E-state index in [4.69, 9.17) is 0 Å². The Morgan fingerprint density at radius 2 is 1.19 bits per heavy atom. The maximum absolute atomic E-state index is 12.6. The highest BCUT2D eigenvalue weighted by molar-refractivity contribution is 7.14. The van der Waals surface area contributed by atoms with E-state index in [1.54, 1.807) is 22.7 Å². The van der Waals surface area contributed by atoms with Gasteiger partial charge in [-0.05, 0) is 12.8 Å². The molecule has 0 unspecified atom stereocenters. The number of thiazole rings is 2. The molecule has 0 atom stereocenters. The highest BCUT2D eigenvalue weighted by Crippen LogP contribution is 2.14. The number of imidazole rings is 2. The van der Waals surface area contributed by atoms with Crippen molar-refractivity contribution in [3.63, 3.8) is 0 Å². The van der Waals surface area contributed by atoms with E-state index in [1.807, 2.05) is 69.0 Å². The van der Waals surface area contributed by atoms with Crippen LogP contribution in [-0.4, -0.2) is 34.0 Å². The molecule has 0 spiro atoms. The van der Waals surface area contributed by atoms with Gasteiger partial charge >= 0.3 is 9.92 Å². The van der Waals surface area contributed by atoms with Crippen LogP contribution < -0.4 is 67.4 Å². The topological polar surface area (TPSA) is 76.3 Å². The molecule has 2 N–H and O–H groups in total. The summed E-state index contributed by atoms with van der Waals surface area (Å²) in [6, 6.07) is 0. The molecule has 0 radical (unpaired) electrons. The summed E-state index contributed by atoms with van der Waals surface area (Å²) in [4.78, 5) is 27.4. The number of carbonyl (C=O) groups excluding carboxylic acids is 2. The van der Waals surface area contributed by atoms with Crippen LogP contribution in [0.1, 0.15) is 45.2 Å². The van der Waals surface area contributed by atoms with E-state index in [9.17, 15) is 9.59 Å². The number of nitrogens with one attached hydrogen (secondary N) is 2. The van der Waals surface area contributed by atoms with Gasteiger partial charge in [0, 0.05) is 37.7 Å². The van der Waals surface area contributed by atoms with E-state index >= 15 is 0 Å². The summed E-state index contributed by atoms with van der Waals surface area (Å²) < 4.78 is 7.92. The Balaban J connectivity index is 0.00000181. The zero-order valence-corrected chi connectivity index (χ0v) is 24.3. The number of hydrogen-bond donors (Lipinski definition) is 2. The molecule has 8 nitrogen and oxygen atoms in total. The van der Waals surface area contributed by atoms with Gasteiger partial charge in [-0.3, -0.25) is 9.59 Å². The van der Waals surface area contributed by atoms with Gasteiger partial charge in [-0.2, -0.15) is 8.80 Å². The van der Waals surface area contributed by atoms with Crippen molar-refractivity contribution in [3.05, 3.63) is 45.9 Å². The van der Waals surface area contributed by atoms with E-state index in [1.165, 1.54) is 0 Å². The quantitative estimate of drug-likeness (QED) is 0.116. The Morgan fingerprint density at radius 3 is 1.56 bits per heavy atom. The third-order valence-electron chi connectivity index (χ3n) is 5.53. The number of aromatic nitrogens is 4. The Bertz CT molecular complexity index is 1160. The number of fused-ring (bicyclic) bond motifs is 2. The summed E-state index contributed by atoms with van der Waals surface area (Å²) in [7, 11) is 3.94. The lowest BCUT2D eigenvalue weighted by Gasteiger charge is -2.05. The minimum absolute atomic E-state index is 0. The predicted molar refractivity (Wildman–Crippen MR) is 116 cm³/mol. The first-order chi connectivity index (χ1) is 14.4. The monoisotopic (exact) mass is 700 g/mol. The van der Waals surface area contributed by atoms with Crippen LogP contribution in [0.25, 0.3) is 9.92 Å². The first kappa shape index (κ1) is 27.0. The van der Waals surface area contributed by atoms with Crippen molar-refractivity contribution in [2.75, 3.05) is 13.1 Å². The Hall–Kier alpha value is -1.26. The van der Waals surface area contributed by atoms with Crippen molar-refractivity contribution < 1.29 is 66.3 Å². The molecule has 32 heavy (non-hydrogen) atoms. The number of halogens is 2. The minimum atomic E-state index is -0.0679. The van der Waals surface area contributed by atoms with E-state index < -0.39 is 0 Å². The van der Waals surface area contributed by atoms with Gasteiger partial charge in [-0.25, -0.2) is 9.13 Å². The zero-order valence-electron chi connectivity index (χ0n) is 18.3. The lowest BCUT2D eigenvalue weighted by Crippen LogP contribution is -3.00.